The van der Waals surface area contributed by atoms with Crippen molar-refractivity contribution < 1.29 is 14.3 Å². The van der Waals surface area contributed by atoms with Gasteiger partial charge in [-0.05, 0) is 76.4 Å². The van der Waals surface area contributed by atoms with E-state index < -0.39 is 0 Å². The van der Waals surface area contributed by atoms with Crippen molar-refractivity contribution in [3.8, 4) is 17.6 Å². The molecule has 0 atom stereocenters. The van der Waals surface area contributed by atoms with E-state index in [0.29, 0.717) is 59.0 Å². The molecule has 0 saturated carbocycles. The largest absolute Gasteiger partial charge is 0.492 e. The van der Waals surface area contributed by atoms with E-state index in [4.69, 9.17) is 9.47 Å². The van der Waals surface area contributed by atoms with E-state index in [1.165, 1.54) is 6.20 Å². The molecule has 200 valence electrons. The third-order valence-corrected chi connectivity index (χ3v) is 5.91. The Hall–Kier alpha value is -4.68. The van der Waals surface area contributed by atoms with E-state index in [0.717, 1.165) is 24.3 Å². The Balaban J connectivity index is 1.58. The number of amides is 1. The number of nitrogens with zero attached hydrogens (tertiary/aromatic N) is 4. The molecular formula is C30H32N6O3. The monoisotopic (exact) mass is 524 g/mol. The minimum Gasteiger partial charge on any atom is -0.492 e. The number of benzene rings is 2. The Morgan fingerprint density at radius 1 is 1.08 bits per heavy atom. The van der Waals surface area contributed by atoms with Gasteiger partial charge in [-0.3, -0.25) is 14.8 Å². The van der Waals surface area contributed by atoms with Crippen LogP contribution in [0.15, 0.2) is 67.0 Å². The van der Waals surface area contributed by atoms with E-state index in [-0.39, 0.29) is 5.91 Å². The number of nitrogens with one attached hydrogen (secondary N) is 2. The van der Waals surface area contributed by atoms with Gasteiger partial charge in [0.05, 0.1) is 34.8 Å². The zero-order chi connectivity index (χ0) is 27.6. The number of nitriles is 1. The fourth-order valence-corrected chi connectivity index (χ4v) is 4.00. The van der Waals surface area contributed by atoms with Gasteiger partial charge in [0.2, 0.25) is 5.91 Å². The summed E-state index contributed by atoms with van der Waals surface area (Å²) in [6.07, 6.45) is 4.39. The molecule has 2 N–H and O–H groups in total. The number of hydrogen-bond donors (Lipinski definition) is 2. The molecule has 0 aliphatic carbocycles. The van der Waals surface area contributed by atoms with Crippen molar-refractivity contribution in [3.63, 3.8) is 0 Å². The van der Waals surface area contributed by atoms with Gasteiger partial charge < -0.3 is 25.0 Å². The first-order chi connectivity index (χ1) is 19.0. The molecule has 0 aliphatic rings. The lowest BCUT2D eigenvalue weighted by Gasteiger charge is -2.16. The number of ether oxygens (including phenoxy) is 2. The second kappa shape index (κ2) is 13.2. The van der Waals surface area contributed by atoms with Gasteiger partial charge in [-0.1, -0.05) is 6.07 Å². The molecule has 0 saturated heterocycles. The van der Waals surface area contributed by atoms with Crippen LogP contribution in [-0.2, 0) is 11.4 Å². The van der Waals surface area contributed by atoms with Gasteiger partial charge >= 0.3 is 0 Å². The van der Waals surface area contributed by atoms with Crippen LogP contribution in [0.5, 0.6) is 11.5 Å². The zero-order valence-electron chi connectivity index (χ0n) is 22.4. The number of aromatic nitrogens is 2. The van der Waals surface area contributed by atoms with Crippen molar-refractivity contribution in [3.05, 3.63) is 78.2 Å². The van der Waals surface area contributed by atoms with Crippen LogP contribution in [0.25, 0.3) is 10.9 Å². The molecule has 2 heterocycles. The van der Waals surface area contributed by atoms with Crippen LogP contribution in [0.4, 0.5) is 17.1 Å². The first-order valence-electron chi connectivity index (χ1n) is 12.8. The van der Waals surface area contributed by atoms with Crippen molar-refractivity contribution in [2.24, 2.45) is 0 Å². The molecule has 0 bridgehead atoms. The van der Waals surface area contributed by atoms with E-state index in [2.05, 4.69) is 26.7 Å². The SMILES string of the molecule is CCOc1cc2ncc(C#N)c(Nc3ccc(OCc4ccccn4)cc3)c2cc1NC(=O)CCCN(C)C. The predicted octanol–water partition coefficient (Wildman–Crippen LogP) is 5.50. The van der Waals surface area contributed by atoms with Crippen LogP contribution in [-0.4, -0.2) is 48.0 Å². The molecule has 2 aromatic carbocycles. The van der Waals surface area contributed by atoms with E-state index in [1.807, 2.05) is 74.4 Å². The maximum absolute atomic E-state index is 12.7. The zero-order valence-corrected chi connectivity index (χ0v) is 22.4. The molecule has 0 unspecified atom stereocenters. The summed E-state index contributed by atoms with van der Waals surface area (Å²) in [7, 11) is 3.96. The maximum Gasteiger partial charge on any atom is 0.224 e. The summed E-state index contributed by atoms with van der Waals surface area (Å²) in [5, 5.41) is 16.8. The lowest BCUT2D eigenvalue weighted by atomic mass is 10.1. The average Bonchev–Trinajstić information content (AvgIpc) is 2.94. The summed E-state index contributed by atoms with van der Waals surface area (Å²) in [6, 6.07) is 19.0. The average molecular weight is 525 g/mol. The van der Waals surface area contributed by atoms with Gasteiger partial charge in [0, 0.05) is 36.0 Å². The number of fused-ring (bicyclic) bond motifs is 1. The highest BCUT2D eigenvalue weighted by Crippen LogP contribution is 2.36. The molecule has 4 rings (SSSR count). The molecule has 0 fully saturated rings. The van der Waals surface area contributed by atoms with Crippen molar-refractivity contribution in [1.29, 1.82) is 5.26 Å². The third kappa shape index (κ3) is 7.43. The fraction of sp³-hybridized carbons (Fsp3) is 0.267. The molecule has 39 heavy (non-hydrogen) atoms. The van der Waals surface area contributed by atoms with E-state index in [1.54, 1.807) is 12.3 Å². The molecule has 1 amide bonds. The highest BCUT2D eigenvalue weighted by Gasteiger charge is 2.16. The maximum atomic E-state index is 12.7. The van der Waals surface area contributed by atoms with Gasteiger partial charge in [0.15, 0.2) is 0 Å². The molecular weight excluding hydrogens is 492 g/mol. The Bertz CT molecular complexity index is 1450. The van der Waals surface area contributed by atoms with E-state index >= 15 is 0 Å². The Kier molecular flexibility index (Phi) is 9.27. The first-order valence-corrected chi connectivity index (χ1v) is 12.8. The summed E-state index contributed by atoms with van der Waals surface area (Å²) in [5.41, 5.74) is 3.76. The molecule has 0 radical (unpaired) electrons. The second-order valence-electron chi connectivity index (χ2n) is 9.17. The molecule has 0 spiro atoms. The third-order valence-electron chi connectivity index (χ3n) is 5.91. The standard InChI is InChI=1S/C30H32N6O3/c1-4-38-28-17-26-25(16-27(28)35-29(37)9-7-15-36(2)3)30(21(18-31)19-33-26)34-22-10-12-24(13-11-22)39-20-23-8-5-6-14-32-23/h5-6,8,10-14,16-17,19H,4,7,9,15,20H2,1-3H3,(H,33,34)(H,35,37). The van der Waals surface area contributed by atoms with Gasteiger partial charge in [-0.15, -0.1) is 0 Å². The Morgan fingerprint density at radius 2 is 1.90 bits per heavy atom. The quantitative estimate of drug-likeness (QED) is 0.250. The van der Waals surface area contributed by atoms with Crippen LogP contribution in [0.3, 0.4) is 0 Å². The topological polar surface area (TPSA) is 112 Å². The normalized spacial score (nSPS) is 10.7. The molecule has 9 nitrogen and oxygen atoms in total. The summed E-state index contributed by atoms with van der Waals surface area (Å²) in [5.74, 6) is 1.13. The van der Waals surface area contributed by atoms with Crippen LogP contribution >= 0.6 is 0 Å². The van der Waals surface area contributed by atoms with Crippen LogP contribution in [0.1, 0.15) is 31.0 Å². The molecule has 9 heteroatoms. The molecule has 0 aliphatic heterocycles. The van der Waals surface area contributed by atoms with Crippen molar-refractivity contribution in [1.82, 2.24) is 14.9 Å². The highest BCUT2D eigenvalue weighted by molar-refractivity contribution is 6.02. The van der Waals surface area contributed by atoms with Gasteiger partial charge in [-0.2, -0.15) is 5.26 Å². The number of carbonyl (C=O) groups is 1. The summed E-state index contributed by atoms with van der Waals surface area (Å²) in [4.78, 5) is 23.5. The summed E-state index contributed by atoms with van der Waals surface area (Å²) >= 11 is 0. The number of anilines is 3. The minimum absolute atomic E-state index is 0.0997. The lowest BCUT2D eigenvalue weighted by molar-refractivity contribution is -0.116. The first kappa shape index (κ1) is 27.4. The smallest absolute Gasteiger partial charge is 0.224 e. The van der Waals surface area contributed by atoms with Crippen LogP contribution in [0, 0.1) is 11.3 Å². The van der Waals surface area contributed by atoms with Gasteiger partial charge in [0.1, 0.15) is 24.2 Å². The summed E-state index contributed by atoms with van der Waals surface area (Å²) < 4.78 is 11.6. The number of hydrogen-bond acceptors (Lipinski definition) is 8. The van der Waals surface area contributed by atoms with Gasteiger partial charge in [-0.25, -0.2) is 0 Å². The Morgan fingerprint density at radius 3 is 2.59 bits per heavy atom. The van der Waals surface area contributed by atoms with Crippen molar-refractivity contribution in [2.45, 2.75) is 26.4 Å². The van der Waals surface area contributed by atoms with Crippen molar-refractivity contribution in [2.75, 3.05) is 37.9 Å². The fourth-order valence-electron chi connectivity index (χ4n) is 4.00. The summed E-state index contributed by atoms with van der Waals surface area (Å²) in [6.45, 7) is 3.51. The Labute approximate surface area is 228 Å². The molecule has 2 aromatic heterocycles. The van der Waals surface area contributed by atoms with Crippen LogP contribution < -0.4 is 20.1 Å². The minimum atomic E-state index is -0.0997. The van der Waals surface area contributed by atoms with E-state index in [9.17, 15) is 10.1 Å². The second-order valence-corrected chi connectivity index (χ2v) is 9.17. The van der Waals surface area contributed by atoms with Crippen LogP contribution in [0.2, 0.25) is 0 Å². The van der Waals surface area contributed by atoms with Gasteiger partial charge in [0.25, 0.3) is 0 Å². The van der Waals surface area contributed by atoms with Crippen molar-refractivity contribution >= 4 is 33.9 Å². The highest BCUT2D eigenvalue weighted by atomic mass is 16.5. The molecule has 4 aromatic rings. The number of pyridine rings is 2. The number of carbonyl (C=O) groups excluding carboxylic acids is 1. The predicted molar refractivity (Wildman–Crippen MR) is 152 cm³/mol. The number of rotatable bonds is 12. The lowest BCUT2D eigenvalue weighted by Crippen LogP contribution is -2.17.